The van der Waals surface area contributed by atoms with Crippen LogP contribution in [0.3, 0.4) is 0 Å². The van der Waals surface area contributed by atoms with E-state index in [1.54, 1.807) is 0 Å². The first-order chi connectivity index (χ1) is 12.1. The van der Waals surface area contributed by atoms with Crippen molar-refractivity contribution in [2.75, 3.05) is 23.7 Å². The van der Waals surface area contributed by atoms with Gasteiger partial charge in [-0.15, -0.1) is 0 Å². The maximum atomic E-state index is 9.87. The largest absolute Gasteiger partial charge is 0.370 e. The van der Waals surface area contributed by atoms with E-state index < -0.39 is 0 Å². The second kappa shape index (κ2) is 7.97. The molecule has 3 heterocycles. The Labute approximate surface area is 156 Å². The van der Waals surface area contributed by atoms with Crippen LogP contribution in [-0.4, -0.2) is 24.4 Å². The van der Waals surface area contributed by atoms with E-state index in [0.29, 0.717) is 6.61 Å². The van der Waals surface area contributed by atoms with Gasteiger partial charge in [0.05, 0.1) is 30.9 Å². The van der Waals surface area contributed by atoms with Crippen LogP contribution in [0, 0.1) is 11.3 Å². The third kappa shape index (κ3) is 4.12. The first-order valence-electron chi connectivity index (χ1n) is 9.58. The molecule has 0 unspecified atom stereocenters. The molecular formula is C20H30N3OS+. The monoisotopic (exact) mass is 360 g/mol. The standard InChI is InChI=1S/C20H29N3OS/c1-4-5-8-11-25-19-16(13-21)15-12-20(2,3)24-14-17(15)18(22-19)23-9-6-7-10-23/h4-12,14H2,1-3H3/p+1. The number of anilines is 1. The van der Waals surface area contributed by atoms with Gasteiger partial charge >= 0.3 is 0 Å². The average molecular weight is 361 g/mol. The van der Waals surface area contributed by atoms with Crippen LogP contribution in [0.25, 0.3) is 0 Å². The van der Waals surface area contributed by atoms with E-state index in [9.17, 15) is 5.26 Å². The quantitative estimate of drug-likeness (QED) is 0.566. The zero-order valence-electron chi connectivity index (χ0n) is 15.8. The number of hydrogen-bond donors (Lipinski definition) is 0. The topological polar surface area (TPSA) is 50.4 Å². The van der Waals surface area contributed by atoms with E-state index in [2.05, 4.69) is 36.7 Å². The lowest BCUT2D eigenvalue weighted by Crippen LogP contribution is -2.37. The molecule has 0 amide bonds. The number of H-pyrrole nitrogens is 1. The summed E-state index contributed by atoms with van der Waals surface area (Å²) in [6, 6.07) is 2.49. The summed E-state index contributed by atoms with van der Waals surface area (Å²) in [6.07, 6.45) is 6.97. The summed E-state index contributed by atoms with van der Waals surface area (Å²) in [6.45, 7) is 9.26. The van der Waals surface area contributed by atoms with Gasteiger partial charge in [-0.25, -0.2) is 4.98 Å². The molecule has 1 saturated heterocycles. The van der Waals surface area contributed by atoms with Gasteiger partial charge in [0.15, 0.2) is 5.03 Å². The van der Waals surface area contributed by atoms with Gasteiger partial charge in [0, 0.05) is 12.2 Å². The highest BCUT2D eigenvalue weighted by Crippen LogP contribution is 2.37. The smallest absolute Gasteiger partial charge is 0.281 e. The predicted molar refractivity (Wildman–Crippen MR) is 102 cm³/mol. The normalized spacial score (nSPS) is 18.9. The number of rotatable bonds is 6. The second-order valence-electron chi connectivity index (χ2n) is 7.72. The number of fused-ring (bicyclic) bond motifs is 1. The van der Waals surface area contributed by atoms with Crippen LogP contribution in [0.5, 0.6) is 0 Å². The SMILES string of the molecule is CCCCCSc1[nH+]c(N2CCCC2)c2c(c1C#N)CC(C)(C)OC2. The number of aromatic nitrogens is 1. The molecule has 25 heavy (non-hydrogen) atoms. The molecule has 3 rings (SSSR count). The zero-order chi connectivity index (χ0) is 17.9. The molecule has 1 N–H and O–H groups in total. The molecule has 0 saturated carbocycles. The molecule has 0 aromatic carbocycles. The lowest BCUT2D eigenvalue weighted by Gasteiger charge is -2.33. The van der Waals surface area contributed by atoms with E-state index in [-0.39, 0.29) is 5.60 Å². The number of nitriles is 1. The molecule has 136 valence electrons. The van der Waals surface area contributed by atoms with Crippen LogP contribution in [0.2, 0.25) is 0 Å². The average Bonchev–Trinajstić information content (AvgIpc) is 3.11. The number of aromatic amines is 1. The minimum absolute atomic E-state index is 0.202. The lowest BCUT2D eigenvalue weighted by atomic mass is 9.89. The number of hydrogen-bond acceptors (Lipinski definition) is 4. The summed E-state index contributed by atoms with van der Waals surface area (Å²) in [5.74, 6) is 2.26. The van der Waals surface area contributed by atoms with Crippen molar-refractivity contribution in [3.05, 3.63) is 16.7 Å². The Hall–Kier alpha value is -1.25. The van der Waals surface area contributed by atoms with Crippen LogP contribution < -0.4 is 9.88 Å². The van der Waals surface area contributed by atoms with E-state index in [1.165, 1.54) is 49.0 Å². The van der Waals surface area contributed by atoms with Crippen molar-refractivity contribution < 1.29 is 9.72 Å². The summed E-state index contributed by atoms with van der Waals surface area (Å²) >= 11 is 1.81. The predicted octanol–water partition coefficient (Wildman–Crippen LogP) is 4.11. The molecule has 2 aliphatic heterocycles. The van der Waals surface area contributed by atoms with Gasteiger partial charge in [0.2, 0.25) is 0 Å². The fourth-order valence-corrected chi connectivity index (χ4v) is 4.77. The molecule has 5 heteroatoms. The third-order valence-corrected chi connectivity index (χ3v) is 6.24. The highest BCUT2D eigenvalue weighted by molar-refractivity contribution is 7.99. The van der Waals surface area contributed by atoms with E-state index in [4.69, 9.17) is 4.74 Å². The van der Waals surface area contributed by atoms with E-state index in [0.717, 1.165) is 35.9 Å². The Morgan fingerprint density at radius 1 is 1.24 bits per heavy atom. The molecule has 0 bridgehead atoms. The maximum Gasteiger partial charge on any atom is 0.281 e. The van der Waals surface area contributed by atoms with Crippen molar-refractivity contribution in [3.63, 3.8) is 0 Å². The summed E-state index contributed by atoms with van der Waals surface area (Å²) in [7, 11) is 0. The zero-order valence-corrected chi connectivity index (χ0v) is 16.6. The van der Waals surface area contributed by atoms with Gasteiger partial charge in [0.25, 0.3) is 5.82 Å². The minimum atomic E-state index is -0.202. The van der Waals surface area contributed by atoms with Gasteiger partial charge in [0.1, 0.15) is 11.6 Å². The Bertz CT molecular complexity index is 660. The summed E-state index contributed by atoms with van der Waals surface area (Å²) < 4.78 is 6.08. The number of nitrogens with zero attached hydrogens (tertiary/aromatic N) is 2. The van der Waals surface area contributed by atoms with Crippen molar-refractivity contribution in [1.82, 2.24) is 0 Å². The second-order valence-corrected chi connectivity index (χ2v) is 8.83. The molecule has 0 radical (unpaired) electrons. The number of thioether (sulfide) groups is 1. The Morgan fingerprint density at radius 2 is 2.00 bits per heavy atom. The highest BCUT2D eigenvalue weighted by Gasteiger charge is 2.36. The summed E-state index contributed by atoms with van der Waals surface area (Å²) in [5.41, 5.74) is 3.05. The van der Waals surface area contributed by atoms with Gasteiger partial charge in [-0.05, 0) is 38.7 Å². The van der Waals surface area contributed by atoms with Crippen molar-refractivity contribution in [2.45, 2.75) is 76.5 Å². The molecular weight excluding hydrogens is 330 g/mol. The van der Waals surface area contributed by atoms with Gasteiger partial charge in [-0.3, -0.25) is 4.90 Å². The fourth-order valence-electron chi connectivity index (χ4n) is 3.73. The van der Waals surface area contributed by atoms with Gasteiger partial charge < -0.3 is 4.74 Å². The number of pyridine rings is 1. The van der Waals surface area contributed by atoms with Gasteiger partial charge in [-0.2, -0.15) is 5.26 Å². The Morgan fingerprint density at radius 3 is 2.68 bits per heavy atom. The summed E-state index contributed by atoms with van der Waals surface area (Å²) in [4.78, 5) is 6.07. The molecule has 2 aliphatic rings. The van der Waals surface area contributed by atoms with E-state index in [1.807, 2.05) is 11.8 Å². The molecule has 0 atom stereocenters. The molecule has 0 aliphatic carbocycles. The van der Waals surface area contributed by atoms with Crippen molar-refractivity contribution >= 4 is 17.6 Å². The molecule has 0 spiro atoms. The molecule has 1 aromatic rings. The van der Waals surface area contributed by atoms with Crippen LogP contribution in [0.15, 0.2) is 5.03 Å². The maximum absolute atomic E-state index is 9.87. The minimum Gasteiger partial charge on any atom is -0.370 e. The van der Waals surface area contributed by atoms with Crippen LogP contribution in [0.4, 0.5) is 5.82 Å². The molecule has 1 aromatic heterocycles. The Balaban J connectivity index is 1.99. The number of ether oxygens (including phenoxy) is 1. The Kier molecular flexibility index (Phi) is 5.91. The van der Waals surface area contributed by atoms with Crippen molar-refractivity contribution in [1.29, 1.82) is 5.26 Å². The van der Waals surface area contributed by atoms with Crippen molar-refractivity contribution in [2.24, 2.45) is 0 Å². The van der Waals surface area contributed by atoms with Crippen LogP contribution in [-0.2, 0) is 17.8 Å². The van der Waals surface area contributed by atoms with Gasteiger partial charge in [-0.1, -0.05) is 31.5 Å². The first-order valence-corrected chi connectivity index (χ1v) is 10.6. The molecule has 4 nitrogen and oxygen atoms in total. The first kappa shape index (κ1) is 18.5. The van der Waals surface area contributed by atoms with Crippen LogP contribution in [0.1, 0.15) is 69.6 Å². The summed E-state index contributed by atoms with van der Waals surface area (Å²) in [5, 5.41) is 10.9. The highest BCUT2D eigenvalue weighted by atomic mass is 32.2. The lowest BCUT2D eigenvalue weighted by molar-refractivity contribution is -0.414. The van der Waals surface area contributed by atoms with Crippen molar-refractivity contribution in [3.8, 4) is 6.07 Å². The number of nitrogens with one attached hydrogen (secondary N) is 1. The van der Waals surface area contributed by atoms with Crippen LogP contribution >= 0.6 is 11.8 Å². The molecule has 1 fully saturated rings. The fraction of sp³-hybridized carbons (Fsp3) is 0.700. The number of unbranched alkanes of at least 4 members (excludes halogenated alkanes) is 2. The third-order valence-electron chi connectivity index (χ3n) is 5.15. The van der Waals surface area contributed by atoms with E-state index >= 15 is 0 Å².